The van der Waals surface area contributed by atoms with Gasteiger partial charge in [0.25, 0.3) is 0 Å². The summed E-state index contributed by atoms with van der Waals surface area (Å²) in [6.45, 7) is 2.18. The first-order chi connectivity index (χ1) is 16.0. The van der Waals surface area contributed by atoms with Gasteiger partial charge in [-0.2, -0.15) is 5.10 Å². The van der Waals surface area contributed by atoms with Gasteiger partial charge in [-0.05, 0) is 55.0 Å². The molecule has 5 aromatic rings. The Morgan fingerprint density at radius 1 is 1.09 bits per heavy atom. The van der Waals surface area contributed by atoms with Crippen LogP contribution in [0, 0.1) is 12.7 Å². The summed E-state index contributed by atoms with van der Waals surface area (Å²) in [5, 5.41) is 7.53. The van der Waals surface area contributed by atoms with Gasteiger partial charge in [0.2, 0.25) is 5.91 Å². The molecule has 0 atom stereocenters. The van der Waals surface area contributed by atoms with Gasteiger partial charge in [-0.3, -0.25) is 4.79 Å². The molecule has 164 valence electrons. The number of nitrogens with zero attached hydrogens (tertiary/aromatic N) is 4. The van der Waals surface area contributed by atoms with E-state index >= 15 is 0 Å². The normalized spacial score (nSPS) is 11.1. The average molecular weight is 458 g/mol. The Bertz CT molecular complexity index is 1460. The fourth-order valence-corrected chi connectivity index (χ4v) is 4.35. The number of benzene rings is 2. The molecular weight excluding hydrogens is 437 g/mol. The van der Waals surface area contributed by atoms with Gasteiger partial charge in [0.15, 0.2) is 5.82 Å². The predicted molar refractivity (Wildman–Crippen MR) is 127 cm³/mol. The molecule has 0 aliphatic carbocycles. The Balaban J connectivity index is 1.44. The second kappa shape index (κ2) is 8.91. The van der Waals surface area contributed by atoms with Gasteiger partial charge in [0.05, 0.1) is 33.5 Å². The van der Waals surface area contributed by atoms with Crippen LogP contribution in [0.5, 0.6) is 0 Å². The van der Waals surface area contributed by atoms with E-state index < -0.39 is 0 Å². The van der Waals surface area contributed by atoms with E-state index in [-0.39, 0.29) is 24.7 Å². The molecule has 6 nitrogen and oxygen atoms in total. The topological polar surface area (TPSA) is 72.7 Å². The number of pyridine rings is 1. The van der Waals surface area contributed by atoms with Crippen molar-refractivity contribution in [3.05, 3.63) is 95.0 Å². The smallest absolute Gasteiger partial charge is 0.226 e. The molecule has 3 aromatic heterocycles. The number of carbonyl (C=O) groups is 1. The molecule has 5 rings (SSSR count). The molecule has 0 bridgehead atoms. The summed E-state index contributed by atoms with van der Waals surface area (Å²) in [6, 6.07) is 19.9. The number of hydrogen-bond acceptors (Lipinski definition) is 5. The maximum atomic E-state index is 13.4. The summed E-state index contributed by atoms with van der Waals surface area (Å²) >= 11 is 1.58. The second-order valence-electron chi connectivity index (χ2n) is 7.69. The third-order valence-electron chi connectivity index (χ3n) is 5.20. The van der Waals surface area contributed by atoms with Crippen molar-refractivity contribution in [3.8, 4) is 17.1 Å². The third-order valence-corrected chi connectivity index (χ3v) is 5.99. The molecule has 2 aromatic carbocycles. The lowest BCUT2D eigenvalue weighted by Crippen LogP contribution is -2.24. The Morgan fingerprint density at radius 3 is 2.82 bits per heavy atom. The molecular formula is C25H20FN5OS. The fourth-order valence-electron chi connectivity index (χ4n) is 3.63. The van der Waals surface area contributed by atoms with E-state index in [9.17, 15) is 9.18 Å². The molecule has 0 spiro atoms. The summed E-state index contributed by atoms with van der Waals surface area (Å²) in [6.07, 6.45) is 0.101. The minimum Gasteiger partial charge on any atom is -0.352 e. The minimum absolute atomic E-state index is 0.101. The van der Waals surface area contributed by atoms with Crippen molar-refractivity contribution in [3.63, 3.8) is 0 Å². The number of thiazole rings is 1. The molecule has 0 unspecified atom stereocenters. The summed E-state index contributed by atoms with van der Waals surface area (Å²) in [7, 11) is 0. The van der Waals surface area contributed by atoms with Crippen LogP contribution in [0.25, 0.3) is 27.3 Å². The van der Waals surface area contributed by atoms with Crippen LogP contribution in [0.1, 0.15) is 17.0 Å². The van der Waals surface area contributed by atoms with E-state index in [0.717, 1.165) is 27.2 Å². The van der Waals surface area contributed by atoms with Gasteiger partial charge in [-0.15, -0.1) is 11.3 Å². The van der Waals surface area contributed by atoms with Crippen LogP contribution in [0.2, 0.25) is 0 Å². The summed E-state index contributed by atoms with van der Waals surface area (Å²) in [4.78, 5) is 21.5. The highest BCUT2D eigenvalue weighted by molar-refractivity contribution is 7.16. The number of halogens is 1. The first kappa shape index (κ1) is 21.0. The SMILES string of the molecule is Cc1cccc(-n2nc(CC(=O)NCc3cccc(F)c3)cc2-c2ccc3ncsc3c2)n1. The van der Waals surface area contributed by atoms with Crippen LogP contribution >= 0.6 is 11.3 Å². The fraction of sp³-hybridized carbons (Fsp3) is 0.120. The lowest BCUT2D eigenvalue weighted by molar-refractivity contribution is -0.120. The highest BCUT2D eigenvalue weighted by atomic mass is 32.1. The number of rotatable bonds is 6. The van der Waals surface area contributed by atoms with Crippen molar-refractivity contribution in [1.29, 1.82) is 0 Å². The Morgan fingerprint density at radius 2 is 1.97 bits per heavy atom. The van der Waals surface area contributed by atoms with Crippen LogP contribution in [-0.4, -0.2) is 25.7 Å². The van der Waals surface area contributed by atoms with Crippen molar-refractivity contribution >= 4 is 27.5 Å². The van der Waals surface area contributed by atoms with E-state index in [1.807, 2.05) is 48.8 Å². The maximum Gasteiger partial charge on any atom is 0.226 e. The molecule has 1 N–H and O–H groups in total. The van der Waals surface area contributed by atoms with Gasteiger partial charge in [-0.25, -0.2) is 19.0 Å². The standard InChI is InChI=1S/C25H20FN5OS/c1-16-4-2-7-24(29-16)31-22(18-8-9-21-23(11-18)33-15-28-21)12-20(30-31)13-25(32)27-14-17-5-3-6-19(26)10-17/h2-12,15H,13-14H2,1H3,(H,27,32). The number of nitrogens with one attached hydrogen (secondary N) is 1. The highest BCUT2D eigenvalue weighted by Crippen LogP contribution is 2.28. The molecule has 0 saturated carbocycles. The van der Waals surface area contributed by atoms with E-state index in [4.69, 9.17) is 5.10 Å². The van der Waals surface area contributed by atoms with Gasteiger partial charge < -0.3 is 5.32 Å². The van der Waals surface area contributed by atoms with Gasteiger partial charge in [0.1, 0.15) is 5.82 Å². The zero-order chi connectivity index (χ0) is 22.8. The van der Waals surface area contributed by atoms with Crippen LogP contribution in [0.3, 0.4) is 0 Å². The van der Waals surface area contributed by atoms with E-state index in [0.29, 0.717) is 17.1 Å². The first-order valence-electron chi connectivity index (χ1n) is 10.4. The Kier molecular flexibility index (Phi) is 5.66. The zero-order valence-electron chi connectivity index (χ0n) is 17.8. The van der Waals surface area contributed by atoms with Crippen molar-refractivity contribution in [2.45, 2.75) is 19.9 Å². The van der Waals surface area contributed by atoms with E-state index in [1.165, 1.54) is 12.1 Å². The van der Waals surface area contributed by atoms with Gasteiger partial charge >= 0.3 is 0 Å². The van der Waals surface area contributed by atoms with Crippen molar-refractivity contribution < 1.29 is 9.18 Å². The summed E-state index contributed by atoms with van der Waals surface area (Å²) < 4.78 is 16.2. The van der Waals surface area contributed by atoms with E-state index in [2.05, 4.69) is 21.4 Å². The van der Waals surface area contributed by atoms with Crippen LogP contribution in [0.15, 0.2) is 72.2 Å². The van der Waals surface area contributed by atoms with Gasteiger partial charge in [0, 0.05) is 17.8 Å². The number of aromatic nitrogens is 4. The number of aryl methyl sites for hydroxylation is 1. The molecule has 0 fully saturated rings. The third kappa shape index (κ3) is 4.65. The molecule has 8 heteroatoms. The molecule has 1 amide bonds. The number of amides is 1. The zero-order valence-corrected chi connectivity index (χ0v) is 18.6. The average Bonchev–Trinajstić information content (AvgIpc) is 3.44. The largest absolute Gasteiger partial charge is 0.352 e. The summed E-state index contributed by atoms with van der Waals surface area (Å²) in [5.74, 6) is 0.167. The second-order valence-corrected chi connectivity index (χ2v) is 8.57. The maximum absolute atomic E-state index is 13.4. The van der Waals surface area contributed by atoms with Crippen molar-refractivity contribution in [2.75, 3.05) is 0 Å². The van der Waals surface area contributed by atoms with Crippen molar-refractivity contribution in [1.82, 2.24) is 25.1 Å². The van der Waals surface area contributed by atoms with Gasteiger partial charge in [-0.1, -0.05) is 24.3 Å². The molecule has 33 heavy (non-hydrogen) atoms. The lowest BCUT2D eigenvalue weighted by Gasteiger charge is -2.07. The van der Waals surface area contributed by atoms with Crippen molar-refractivity contribution in [2.24, 2.45) is 0 Å². The molecule has 3 heterocycles. The number of carbonyl (C=O) groups excluding carboxylic acids is 1. The molecule has 0 radical (unpaired) electrons. The number of hydrogen-bond donors (Lipinski definition) is 1. The Labute approximate surface area is 193 Å². The molecule has 0 saturated heterocycles. The lowest BCUT2D eigenvalue weighted by atomic mass is 10.1. The molecule has 0 aliphatic rings. The highest BCUT2D eigenvalue weighted by Gasteiger charge is 2.16. The minimum atomic E-state index is -0.325. The monoisotopic (exact) mass is 457 g/mol. The van der Waals surface area contributed by atoms with Crippen LogP contribution in [0.4, 0.5) is 4.39 Å². The van der Waals surface area contributed by atoms with E-state index in [1.54, 1.807) is 28.2 Å². The summed E-state index contributed by atoms with van der Waals surface area (Å²) in [5.41, 5.74) is 6.78. The first-order valence-corrected chi connectivity index (χ1v) is 11.3. The van der Waals surface area contributed by atoms with Crippen LogP contribution < -0.4 is 5.32 Å². The molecule has 0 aliphatic heterocycles. The Hall–Kier alpha value is -3.91. The predicted octanol–water partition coefficient (Wildman–Crippen LogP) is 4.85. The number of fused-ring (bicyclic) bond motifs is 1. The van der Waals surface area contributed by atoms with Crippen LogP contribution in [-0.2, 0) is 17.8 Å². The quantitative estimate of drug-likeness (QED) is 0.396.